The van der Waals surface area contributed by atoms with Crippen molar-refractivity contribution in [3.8, 4) is 11.4 Å². The second-order valence-electron chi connectivity index (χ2n) is 3.87. The summed E-state index contributed by atoms with van der Waals surface area (Å²) >= 11 is 6.02. The largest absolute Gasteiger partial charge is 0.395 e. The molecule has 6 heteroatoms. The van der Waals surface area contributed by atoms with Crippen LogP contribution in [0.2, 0.25) is 5.15 Å². The zero-order valence-electron chi connectivity index (χ0n) is 9.64. The van der Waals surface area contributed by atoms with E-state index in [2.05, 4.69) is 9.97 Å². The van der Waals surface area contributed by atoms with Gasteiger partial charge in [0.1, 0.15) is 5.82 Å². The average molecular weight is 288 g/mol. The van der Waals surface area contributed by atoms with E-state index in [0.29, 0.717) is 11.6 Å². The maximum atomic E-state index is 8.91. The van der Waals surface area contributed by atoms with Gasteiger partial charge in [-0.25, -0.2) is 4.98 Å². The first-order chi connectivity index (χ1) is 8.20. The molecule has 18 heavy (non-hydrogen) atoms. The Hall–Kier alpha value is -1.07. The molecule has 0 fully saturated rings. The van der Waals surface area contributed by atoms with Gasteiger partial charge >= 0.3 is 0 Å². The normalized spacial score (nSPS) is 11.9. The first kappa shape index (κ1) is 15.0. The molecular weight excluding hydrogens is 273 g/mol. The van der Waals surface area contributed by atoms with Gasteiger partial charge < -0.3 is 15.8 Å². The summed E-state index contributed by atoms with van der Waals surface area (Å²) in [7, 11) is 0. The van der Waals surface area contributed by atoms with E-state index in [4.69, 9.17) is 22.4 Å². The molecule has 1 atom stereocenters. The molecule has 1 heterocycles. The Morgan fingerprint density at radius 2 is 2.00 bits per heavy atom. The molecule has 4 nitrogen and oxygen atoms in total. The maximum absolute atomic E-state index is 8.91. The predicted molar refractivity (Wildman–Crippen MR) is 75.0 cm³/mol. The molecule has 0 amide bonds. The van der Waals surface area contributed by atoms with E-state index < -0.39 is 0 Å². The Balaban J connectivity index is 0.00000162. The van der Waals surface area contributed by atoms with Crippen LogP contribution in [0.3, 0.4) is 0 Å². The van der Waals surface area contributed by atoms with Gasteiger partial charge in [0.2, 0.25) is 0 Å². The smallest absolute Gasteiger partial charge is 0.150 e. The summed E-state index contributed by atoms with van der Waals surface area (Å²) < 4.78 is 0. The highest BCUT2D eigenvalue weighted by atomic mass is 35.5. The van der Waals surface area contributed by atoms with Crippen LogP contribution in [-0.2, 0) is 6.42 Å². The first-order valence-corrected chi connectivity index (χ1v) is 5.74. The monoisotopic (exact) mass is 287 g/mol. The van der Waals surface area contributed by atoms with Crippen molar-refractivity contribution in [1.29, 1.82) is 0 Å². The van der Waals surface area contributed by atoms with Gasteiger partial charge in [0, 0.05) is 18.0 Å². The fraction of sp³-hybridized carbons (Fsp3) is 0.250. The minimum Gasteiger partial charge on any atom is -0.395 e. The number of aromatic amines is 1. The number of hydrogen-bond acceptors (Lipinski definition) is 3. The molecule has 0 aliphatic carbocycles. The van der Waals surface area contributed by atoms with E-state index in [1.54, 1.807) is 0 Å². The van der Waals surface area contributed by atoms with Gasteiger partial charge in [-0.05, 0) is 0 Å². The second kappa shape index (κ2) is 6.75. The van der Waals surface area contributed by atoms with Crippen LogP contribution in [-0.4, -0.2) is 27.7 Å². The molecule has 4 N–H and O–H groups in total. The summed E-state index contributed by atoms with van der Waals surface area (Å²) in [6, 6.07) is 9.39. The average Bonchev–Trinajstić information content (AvgIpc) is 2.72. The lowest BCUT2D eigenvalue weighted by Gasteiger charge is -2.05. The number of nitrogens with two attached hydrogens (primary N) is 1. The van der Waals surface area contributed by atoms with Crippen LogP contribution in [0.25, 0.3) is 11.4 Å². The third kappa shape index (κ3) is 3.46. The fourth-order valence-corrected chi connectivity index (χ4v) is 1.79. The molecule has 0 radical (unpaired) electrons. The SMILES string of the molecule is Cl.NC(CO)Cc1[nH]c(-c2ccccc2)nc1Cl. The molecule has 0 bridgehead atoms. The lowest BCUT2D eigenvalue weighted by molar-refractivity contribution is 0.264. The highest BCUT2D eigenvalue weighted by Gasteiger charge is 2.12. The molecule has 98 valence electrons. The minimum atomic E-state index is -0.323. The number of imidazole rings is 1. The summed E-state index contributed by atoms with van der Waals surface area (Å²) in [6.45, 7) is -0.0734. The van der Waals surface area contributed by atoms with Gasteiger partial charge in [0.25, 0.3) is 0 Å². The molecule has 0 spiro atoms. The third-order valence-corrected chi connectivity index (χ3v) is 2.79. The summed E-state index contributed by atoms with van der Waals surface area (Å²) in [5.74, 6) is 0.718. The Morgan fingerprint density at radius 3 is 2.61 bits per heavy atom. The van der Waals surface area contributed by atoms with Crippen LogP contribution in [0.15, 0.2) is 30.3 Å². The van der Waals surface area contributed by atoms with E-state index in [9.17, 15) is 0 Å². The fourth-order valence-electron chi connectivity index (χ4n) is 1.58. The van der Waals surface area contributed by atoms with E-state index in [-0.39, 0.29) is 25.1 Å². The summed E-state index contributed by atoms with van der Waals surface area (Å²) in [5, 5.41) is 9.32. The predicted octanol–water partition coefficient (Wildman–Crippen LogP) is 2.01. The Labute approximate surface area is 117 Å². The zero-order chi connectivity index (χ0) is 12.3. The van der Waals surface area contributed by atoms with Gasteiger partial charge in [-0.1, -0.05) is 41.9 Å². The number of nitrogens with zero attached hydrogens (tertiary/aromatic N) is 1. The molecule has 2 rings (SSSR count). The minimum absolute atomic E-state index is 0. The van der Waals surface area contributed by atoms with E-state index in [1.807, 2.05) is 30.3 Å². The number of H-pyrrole nitrogens is 1. The van der Waals surface area contributed by atoms with Crippen molar-refractivity contribution in [2.45, 2.75) is 12.5 Å². The topological polar surface area (TPSA) is 74.9 Å². The molecule has 0 saturated carbocycles. The summed E-state index contributed by atoms with van der Waals surface area (Å²) in [6.07, 6.45) is 0.481. The maximum Gasteiger partial charge on any atom is 0.150 e. The van der Waals surface area contributed by atoms with Crippen LogP contribution in [0.1, 0.15) is 5.69 Å². The number of aliphatic hydroxyl groups is 1. The van der Waals surface area contributed by atoms with Crippen molar-refractivity contribution in [3.63, 3.8) is 0 Å². The lowest BCUT2D eigenvalue weighted by Crippen LogP contribution is -2.27. The van der Waals surface area contributed by atoms with E-state index in [1.165, 1.54) is 0 Å². The van der Waals surface area contributed by atoms with E-state index in [0.717, 1.165) is 17.1 Å². The van der Waals surface area contributed by atoms with E-state index >= 15 is 0 Å². The molecule has 0 saturated heterocycles. The highest BCUT2D eigenvalue weighted by molar-refractivity contribution is 6.30. The van der Waals surface area contributed by atoms with Crippen molar-refractivity contribution in [1.82, 2.24) is 9.97 Å². The molecule has 1 unspecified atom stereocenters. The molecule has 1 aromatic carbocycles. The van der Waals surface area contributed by atoms with Crippen LogP contribution in [0, 0.1) is 0 Å². The Morgan fingerprint density at radius 1 is 1.33 bits per heavy atom. The van der Waals surface area contributed by atoms with Crippen LogP contribution in [0.5, 0.6) is 0 Å². The number of nitrogens with one attached hydrogen (secondary N) is 1. The third-order valence-electron chi connectivity index (χ3n) is 2.48. The van der Waals surface area contributed by atoms with Gasteiger partial charge in [0.15, 0.2) is 5.15 Å². The van der Waals surface area contributed by atoms with Gasteiger partial charge in [-0.15, -0.1) is 12.4 Å². The quantitative estimate of drug-likeness (QED) is 0.805. The van der Waals surface area contributed by atoms with Crippen LogP contribution < -0.4 is 5.73 Å². The van der Waals surface area contributed by atoms with Crippen molar-refractivity contribution >= 4 is 24.0 Å². The standard InChI is InChI=1S/C12H14ClN3O.ClH/c13-11-10(6-9(14)7-17)15-12(16-11)8-4-2-1-3-5-8;/h1-5,9,17H,6-7,14H2,(H,15,16);1H. The Bertz CT molecular complexity index is 487. The van der Waals surface area contributed by atoms with Gasteiger partial charge in [-0.3, -0.25) is 0 Å². The molecule has 0 aliphatic rings. The van der Waals surface area contributed by atoms with Crippen LogP contribution >= 0.6 is 24.0 Å². The number of aliphatic hydroxyl groups excluding tert-OH is 1. The molecule has 1 aromatic heterocycles. The summed E-state index contributed by atoms with van der Waals surface area (Å²) in [5.41, 5.74) is 7.39. The van der Waals surface area contributed by atoms with Crippen molar-refractivity contribution in [3.05, 3.63) is 41.2 Å². The first-order valence-electron chi connectivity index (χ1n) is 5.37. The number of rotatable bonds is 4. The van der Waals surface area contributed by atoms with Crippen molar-refractivity contribution in [2.75, 3.05) is 6.61 Å². The lowest BCUT2D eigenvalue weighted by atomic mass is 10.2. The number of aromatic nitrogens is 2. The van der Waals surface area contributed by atoms with Crippen molar-refractivity contribution in [2.24, 2.45) is 5.73 Å². The highest BCUT2D eigenvalue weighted by Crippen LogP contribution is 2.21. The number of hydrogen-bond donors (Lipinski definition) is 3. The number of halogens is 2. The second-order valence-corrected chi connectivity index (χ2v) is 4.23. The van der Waals surface area contributed by atoms with Crippen LogP contribution in [0.4, 0.5) is 0 Å². The van der Waals surface area contributed by atoms with Gasteiger partial charge in [-0.2, -0.15) is 0 Å². The van der Waals surface area contributed by atoms with Crippen molar-refractivity contribution < 1.29 is 5.11 Å². The summed E-state index contributed by atoms with van der Waals surface area (Å²) in [4.78, 5) is 7.37. The Kier molecular flexibility index (Phi) is 5.62. The number of benzene rings is 1. The molecule has 2 aromatic rings. The van der Waals surface area contributed by atoms with Gasteiger partial charge in [0.05, 0.1) is 12.3 Å². The zero-order valence-corrected chi connectivity index (χ0v) is 11.2. The molecule has 0 aliphatic heterocycles. The molecular formula is C12H15Cl2N3O.